The van der Waals surface area contributed by atoms with E-state index in [1.54, 1.807) is 0 Å². The van der Waals surface area contributed by atoms with Gasteiger partial charge in [-0.25, -0.2) is 4.98 Å². The van der Waals surface area contributed by atoms with Gasteiger partial charge in [-0.3, -0.25) is 9.69 Å². The van der Waals surface area contributed by atoms with Gasteiger partial charge in [0.15, 0.2) is 0 Å². The maximum Gasteiger partial charge on any atom is 0.223 e. The summed E-state index contributed by atoms with van der Waals surface area (Å²) < 4.78 is 0. The quantitative estimate of drug-likeness (QED) is 0.780. The molecule has 29 heavy (non-hydrogen) atoms. The molecule has 2 aliphatic rings. The molecule has 2 saturated heterocycles. The number of anilines is 1. The monoisotopic (exact) mass is 392 g/mol. The summed E-state index contributed by atoms with van der Waals surface area (Å²) in [6, 6.07) is 13.3. The molecular weight excluding hydrogens is 360 g/mol. The maximum atomic E-state index is 12.8. The number of pyridine rings is 1. The lowest BCUT2D eigenvalue weighted by Gasteiger charge is -2.36. The largest absolute Gasteiger partial charge is 0.353 e. The first-order chi connectivity index (χ1) is 14.1. The lowest BCUT2D eigenvalue weighted by molar-refractivity contribution is -0.131. The highest BCUT2D eigenvalue weighted by Gasteiger charge is 2.28. The van der Waals surface area contributed by atoms with Crippen LogP contribution < -0.4 is 4.90 Å². The summed E-state index contributed by atoms with van der Waals surface area (Å²) in [4.78, 5) is 24.0. The van der Waals surface area contributed by atoms with Crippen LogP contribution in [0.3, 0.4) is 0 Å². The number of hydrogen-bond acceptors (Lipinski definition) is 4. The molecule has 0 radical (unpaired) electrons. The van der Waals surface area contributed by atoms with E-state index in [4.69, 9.17) is 0 Å². The van der Waals surface area contributed by atoms with E-state index in [0.717, 1.165) is 45.1 Å². The van der Waals surface area contributed by atoms with E-state index in [1.807, 2.05) is 29.3 Å². The van der Waals surface area contributed by atoms with Crippen LogP contribution in [0.2, 0.25) is 0 Å². The summed E-state index contributed by atoms with van der Waals surface area (Å²) >= 11 is 0. The number of carbonyl (C=O) groups excluding carboxylic acids is 1. The Bertz CT molecular complexity index is 810. The van der Waals surface area contributed by atoms with Gasteiger partial charge in [0.2, 0.25) is 5.91 Å². The molecule has 2 aliphatic heterocycles. The highest BCUT2D eigenvalue weighted by Crippen LogP contribution is 2.33. The molecule has 1 unspecified atom stereocenters. The Morgan fingerprint density at radius 1 is 1.03 bits per heavy atom. The first-order valence-corrected chi connectivity index (χ1v) is 10.9. The van der Waals surface area contributed by atoms with Crippen molar-refractivity contribution in [3.05, 3.63) is 59.3 Å². The predicted octanol–water partition coefficient (Wildman–Crippen LogP) is 3.57. The van der Waals surface area contributed by atoms with Crippen LogP contribution in [0.5, 0.6) is 0 Å². The number of benzene rings is 1. The number of amides is 1. The SMILES string of the molecule is Cc1cc(C)cc(C2CCCN2CCC(=O)N2CCN(c3ccccn3)CC2)c1. The molecule has 5 heteroatoms. The first kappa shape index (κ1) is 19.9. The molecule has 0 N–H and O–H groups in total. The second kappa shape index (κ2) is 8.95. The molecule has 5 nitrogen and oxygen atoms in total. The predicted molar refractivity (Wildman–Crippen MR) is 117 cm³/mol. The normalized spacial score (nSPS) is 20.3. The van der Waals surface area contributed by atoms with E-state index in [2.05, 4.69) is 46.8 Å². The zero-order valence-corrected chi connectivity index (χ0v) is 17.7. The zero-order chi connectivity index (χ0) is 20.2. The molecule has 1 atom stereocenters. The minimum absolute atomic E-state index is 0.289. The number of piperazine rings is 1. The van der Waals surface area contributed by atoms with E-state index in [0.29, 0.717) is 12.5 Å². The van der Waals surface area contributed by atoms with Gasteiger partial charge in [0.1, 0.15) is 5.82 Å². The minimum atomic E-state index is 0.289. The lowest BCUT2D eigenvalue weighted by Crippen LogP contribution is -2.49. The number of nitrogens with zero attached hydrogens (tertiary/aromatic N) is 4. The highest BCUT2D eigenvalue weighted by atomic mass is 16.2. The number of rotatable bonds is 5. The second-order valence-corrected chi connectivity index (χ2v) is 8.42. The summed E-state index contributed by atoms with van der Waals surface area (Å²) in [6.45, 7) is 9.59. The Kier molecular flexibility index (Phi) is 6.14. The van der Waals surface area contributed by atoms with Crippen LogP contribution in [0.15, 0.2) is 42.6 Å². The van der Waals surface area contributed by atoms with Gasteiger partial charge in [0, 0.05) is 51.4 Å². The maximum absolute atomic E-state index is 12.8. The summed E-state index contributed by atoms with van der Waals surface area (Å²) in [5, 5.41) is 0. The van der Waals surface area contributed by atoms with E-state index >= 15 is 0 Å². The summed E-state index contributed by atoms with van der Waals surface area (Å²) in [5.41, 5.74) is 4.07. The molecule has 0 saturated carbocycles. The number of hydrogen-bond donors (Lipinski definition) is 0. The van der Waals surface area contributed by atoms with E-state index in [1.165, 1.54) is 29.5 Å². The van der Waals surface area contributed by atoms with Gasteiger partial charge in [-0.1, -0.05) is 35.4 Å². The van der Waals surface area contributed by atoms with Crippen molar-refractivity contribution in [1.29, 1.82) is 0 Å². The van der Waals surface area contributed by atoms with Crippen molar-refractivity contribution in [1.82, 2.24) is 14.8 Å². The molecule has 1 amide bonds. The average Bonchev–Trinajstić information content (AvgIpc) is 3.21. The van der Waals surface area contributed by atoms with Gasteiger partial charge in [-0.15, -0.1) is 0 Å². The van der Waals surface area contributed by atoms with Gasteiger partial charge in [0.25, 0.3) is 0 Å². The fourth-order valence-electron chi connectivity index (χ4n) is 4.80. The standard InChI is InChI=1S/C24H32N4O/c1-19-16-20(2)18-21(17-19)22-6-5-10-26(22)11-8-24(29)28-14-12-27(13-15-28)23-7-3-4-9-25-23/h3-4,7,9,16-18,22H,5-6,8,10-15H2,1-2H3. The molecule has 2 fully saturated rings. The molecule has 1 aromatic carbocycles. The summed E-state index contributed by atoms with van der Waals surface area (Å²) in [6.07, 6.45) is 4.86. The van der Waals surface area contributed by atoms with Crippen molar-refractivity contribution in [2.45, 2.75) is 39.2 Å². The molecule has 154 valence electrons. The van der Waals surface area contributed by atoms with Crippen LogP contribution >= 0.6 is 0 Å². The van der Waals surface area contributed by atoms with Crippen LogP contribution in [0.4, 0.5) is 5.82 Å². The van der Waals surface area contributed by atoms with Crippen molar-refractivity contribution in [2.24, 2.45) is 0 Å². The van der Waals surface area contributed by atoms with Crippen molar-refractivity contribution in [2.75, 3.05) is 44.2 Å². The average molecular weight is 393 g/mol. The summed E-state index contributed by atoms with van der Waals surface area (Å²) in [7, 11) is 0. The molecule has 0 bridgehead atoms. The number of carbonyl (C=O) groups is 1. The van der Waals surface area contributed by atoms with E-state index in [9.17, 15) is 4.79 Å². The van der Waals surface area contributed by atoms with Crippen molar-refractivity contribution in [3.8, 4) is 0 Å². The smallest absolute Gasteiger partial charge is 0.223 e. The fraction of sp³-hybridized carbons (Fsp3) is 0.500. The molecular formula is C24H32N4O. The van der Waals surface area contributed by atoms with Crippen LogP contribution in [-0.4, -0.2) is 60.0 Å². The third-order valence-electron chi connectivity index (χ3n) is 6.21. The Labute approximate surface area is 174 Å². The molecule has 2 aromatic rings. The van der Waals surface area contributed by atoms with Gasteiger partial charge in [-0.05, 0) is 50.9 Å². The molecule has 1 aromatic heterocycles. The van der Waals surface area contributed by atoms with Gasteiger partial charge in [-0.2, -0.15) is 0 Å². The second-order valence-electron chi connectivity index (χ2n) is 8.42. The Hall–Kier alpha value is -2.40. The van der Waals surface area contributed by atoms with Crippen LogP contribution in [-0.2, 0) is 4.79 Å². The Balaban J connectivity index is 1.29. The van der Waals surface area contributed by atoms with Crippen molar-refractivity contribution >= 4 is 11.7 Å². The topological polar surface area (TPSA) is 39.7 Å². The highest BCUT2D eigenvalue weighted by molar-refractivity contribution is 5.76. The molecule has 4 rings (SSSR count). The van der Waals surface area contributed by atoms with E-state index < -0.39 is 0 Å². The first-order valence-electron chi connectivity index (χ1n) is 10.9. The minimum Gasteiger partial charge on any atom is -0.353 e. The van der Waals surface area contributed by atoms with Gasteiger partial charge < -0.3 is 9.80 Å². The van der Waals surface area contributed by atoms with Crippen LogP contribution in [0.1, 0.15) is 42.0 Å². The van der Waals surface area contributed by atoms with Crippen molar-refractivity contribution < 1.29 is 4.79 Å². The Morgan fingerprint density at radius 3 is 2.48 bits per heavy atom. The molecule has 0 aliphatic carbocycles. The van der Waals surface area contributed by atoms with Crippen molar-refractivity contribution in [3.63, 3.8) is 0 Å². The number of aryl methyl sites for hydroxylation is 2. The van der Waals surface area contributed by atoms with E-state index in [-0.39, 0.29) is 5.91 Å². The molecule has 3 heterocycles. The zero-order valence-electron chi connectivity index (χ0n) is 17.7. The van der Waals surface area contributed by atoms with Gasteiger partial charge in [0.05, 0.1) is 0 Å². The summed E-state index contributed by atoms with van der Waals surface area (Å²) in [5.74, 6) is 1.30. The lowest BCUT2D eigenvalue weighted by atomic mass is 9.99. The number of likely N-dealkylation sites (tertiary alicyclic amines) is 1. The third-order valence-corrected chi connectivity index (χ3v) is 6.21. The number of aromatic nitrogens is 1. The molecule has 0 spiro atoms. The van der Waals surface area contributed by atoms with Crippen LogP contribution in [0, 0.1) is 13.8 Å². The third kappa shape index (κ3) is 4.78. The van der Waals surface area contributed by atoms with Crippen LogP contribution in [0.25, 0.3) is 0 Å². The Morgan fingerprint density at radius 2 is 1.79 bits per heavy atom. The van der Waals surface area contributed by atoms with Gasteiger partial charge >= 0.3 is 0 Å². The fourth-order valence-corrected chi connectivity index (χ4v) is 4.80.